The molecule has 0 atom stereocenters. The number of amides is 1. The van der Waals surface area contributed by atoms with Crippen LogP contribution >= 0.6 is 11.6 Å². The number of nitrogens with zero attached hydrogens (tertiary/aromatic N) is 1. The first kappa shape index (κ1) is 27.1. The van der Waals surface area contributed by atoms with E-state index in [0.717, 1.165) is 51.3 Å². The number of unbranched alkanes of at least 4 members (excludes halogenated alkanes) is 2. The summed E-state index contributed by atoms with van der Waals surface area (Å²) in [5, 5.41) is 6.92. The van der Waals surface area contributed by atoms with E-state index in [2.05, 4.69) is 27.7 Å². The SMILES string of the molecule is COc1ccc(CNCCCCCN2CCC(CNC(=O)c3cc(Cl)c(N)cc3OC)CC2)cc1. The van der Waals surface area contributed by atoms with Crippen LogP contribution in [0.4, 0.5) is 5.69 Å². The van der Waals surface area contributed by atoms with Crippen LogP contribution in [-0.4, -0.2) is 57.8 Å². The summed E-state index contributed by atoms with van der Waals surface area (Å²) >= 11 is 6.09. The van der Waals surface area contributed by atoms with E-state index in [9.17, 15) is 4.79 Å². The Kier molecular flexibility index (Phi) is 11.0. The van der Waals surface area contributed by atoms with E-state index >= 15 is 0 Å². The lowest BCUT2D eigenvalue weighted by Gasteiger charge is -2.32. The fraction of sp³-hybridized carbons (Fsp3) is 0.519. The average molecular weight is 503 g/mol. The summed E-state index contributed by atoms with van der Waals surface area (Å²) in [6.45, 7) is 5.93. The highest BCUT2D eigenvalue weighted by atomic mass is 35.5. The van der Waals surface area contributed by atoms with Crippen molar-refractivity contribution < 1.29 is 14.3 Å². The van der Waals surface area contributed by atoms with Gasteiger partial charge < -0.3 is 30.7 Å². The molecule has 0 aromatic heterocycles. The minimum atomic E-state index is -0.174. The molecule has 4 N–H and O–H groups in total. The van der Waals surface area contributed by atoms with Crippen LogP contribution in [0.1, 0.15) is 48.0 Å². The topological polar surface area (TPSA) is 88.9 Å². The van der Waals surface area contributed by atoms with E-state index < -0.39 is 0 Å². The number of hydrogen-bond donors (Lipinski definition) is 3. The molecule has 1 heterocycles. The standard InChI is InChI=1S/C27H39ClN4O3/c1-34-22-8-6-20(7-9-22)18-30-12-4-3-5-13-32-14-10-21(11-15-32)19-31-27(33)23-16-24(28)25(29)17-26(23)35-2/h6-9,16-17,21,30H,3-5,10-15,18-19,29H2,1-2H3,(H,31,33). The highest BCUT2D eigenvalue weighted by Gasteiger charge is 2.21. The van der Waals surface area contributed by atoms with E-state index in [1.165, 1.54) is 31.9 Å². The molecule has 0 bridgehead atoms. The van der Waals surface area contributed by atoms with Gasteiger partial charge in [0.05, 0.1) is 30.5 Å². The van der Waals surface area contributed by atoms with Crippen LogP contribution in [-0.2, 0) is 6.54 Å². The molecule has 7 nitrogen and oxygen atoms in total. The third kappa shape index (κ3) is 8.60. The Morgan fingerprint density at radius 3 is 2.51 bits per heavy atom. The number of methoxy groups -OCH3 is 2. The number of anilines is 1. The summed E-state index contributed by atoms with van der Waals surface area (Å²) < 4.78 is 10.5. The normalized spacial score (nSPS) is 14.6. The van der Waals surface area contributed by atoms with E-state index in [1.807, 2.05) is 12.1 Å². The number of piperidine rings is 1. The van der Waals surface area contributed by atoms with Gasteiger partial charge in [-0.15, -0.1) is 0 Å². The molecule has 1 aliphatic rings. The first-order valence-electron chi connectivity index (χ1n) is 12.5. The number of carbonyl (C=O) groups is 1. The molecule has 2 aromatic carbocycles. The lowest BCUT2D eigenvalue weighted by Crippen LogP contribution is -2.39. The fourth-order valence-corrected chi connectivity index (χ4v) is 4.56. The zero-order valence-electron chi connectivity index (χ0n) is 20.9. The Balaban J connectivity index is 1.24. The maximum Gasteiger partial charge on any atom is 0.255 e. The van der Waals surface area contributed by atoms with Crippen LogP contribution in [0.3, 0.4) is 0 Å². The van der Waals surface area contributed by atoms with Gasteiger partial charge in [-0.25, -0.2) is 0 Å². The number of benzene rings is 2. The maximum absolute atomic E-state index is 12.6. The van der Waals surface area contributed by atoms with Gasteiger partial charge >= 0.3 is 0 Å². The number of likely N-dealkylation sites (tertiary alicyclic amines) is 1. The van der Waals surface area contributed by atoms with Gasteiger partial charge in [0.1, 0.15) is 11.5 Å². The molecule has 0 aliphatic carbocycles. The summed E-state index contributed by atoms with van der Waals surface area (Å²) in [5.41, 5.74) is 7.91. The van der Waals surface area contributed by atoms with Gasteiger partial charge in [-0.2, -0.15) is 0 Å². The Morgan fingerprint density at radius 2 is 1.83 bits per heavy atom. The summed E-state index contributed by atoms with van der Waals surface area (Å²) in [4.78, 5) is 15.2. The number of rotatable bonds is 13. The van der Waals surface area contributed by atoms with E-state index in [4.69, 9.17) is 26.8 Å². The number of nitrogens with one attached hydrogen (secondary N) is 2. The van der Waals surface area contributed by atoms with Crippen molar-refractivity contribution >= 4 is 23.2 Å². The molecule has 0 radical (unpaired) electrons. The third-order valence-electron chi connectivity index (χ3n) is 6.64. The molecule has 1 amide bonds. The molecular formula is C27H39ClN4O3. The van der Waals surface area contributed by atoms with Crippen molar-refractivity contribution in [3.05, 3.63) is 52.5 Å². The molecule has 192 valence electrons. The number of nitrogens with two attached hydrogens (primary N) is 1. The Labute approximate surface area is 214 Å². The van der Waals surface area contributed by atoms with Crippen molar-refractivity contribution in [2.45, 2.75) is 38.6 Å². The number of hydrogen-bond acceptors (Lipinski definition) is 6. The summed E-state index contributed by atoms with van der Waals surface area (Å²) in [6, 6.07) is 11.4. The van der Waals surface area contributed by atoms with Gasteiger partial charge in [-0.3, -0.25) is 4.79 Å². The molecular weight excluding hydrogens is 464 g/mol. The highest BCUT2D eigenvalue weighted by molar-refractivity contribution is 6.33. The lowest BCUT2D eigenvalue weighted by molar-refractivity contribution is 0.0933. The monoisotopic (exact) mass is 502 g/mol. The van der Waals surface area contributed by atoms with Crippen molar-refractivity contribution in [2.24, 2.45) is 5.92 Å². The minimum Gasteiger partial charge on any atom is -0.497 e. The zero-order chi connectivity index (χ0) is 25.0. The molecule has 35 heavy (non-hydrogen) atoms. The van der Waals surface area contributed by atoms with E-state index in [0.29, 0.717) is 34.5 Å². The number of halogens is 1. The summed E-state index contributed by atoms with van der Waals surface area (Å²) in [6.07, 6.45) is 5.85. The second-order valence-corrected chi connectivity index (χ2v) is 9.56. The number of nitrogen functional groups attached to an aromatic ring is 1. The molecule has 0 unspecified atom stereocenters. The third-order valence-corrected chi connectivity index (χ3v) is 6.97. The molecule has 2 aromatic rings. The molecule has 3 rings (SSSR count). The highest BCUT2D eigenvalue weighted by Crippen LogP contribution is 2.29. The molecule has 0 saturated carbocycles. The van der Waals surface area contributed by atoms with Crippen molar-refractivity contribution in [1.29, 1.82) is 0 Å². The summed E-state index contributed by atoms with van der Waals surface area (Å²) in [5.74, 6) is 1.65. The van der Waals surface area contributed by atoms with Gasteiger partial charge in [0.25, 0.3) is 5.91 Å². The second kappa shape index (κ2) is 14.2. The van der Waals surface area contributed by atoms with Gasteiger partial charge in [-0.1, -0.05) is 30.2 Å². The first-order valence-corrected chi connectivity index (χ1v) is 12.8. The van der Waals surface area contributed by atoms with Crippen molar-refractivity contribution in [2.75, 3.05) is 52.7 Å². The first-order chi connectivity index (χ1) is 17.0. The molecule has 8 heteroatoms. The van der Waals surface area contributed by atoms with Gasteiger partial charge in [-0.05, 0) is 81.5 Å². The smallest absolute Gasteiger partial charge is 0.255 e. The van der Waals surface area contributed by atoms with Gasteiger partial charge in [0.15, 0.2) is 0 Å². The largest absolute Gasteiger partial charge is 0.497 e. The van der Waals surface area contributed by atoms with Crippen LogP contribution in [0.15, 0.2) is 36.4 Å². The quantitative estimate of drug-likeness (QED) is 0.279. The predicted octanol–water partition coefficient (Wildman–Crippen LogP) is 4.34. The fourth-order valence-electron chi connectivity index (χ4n) is 4.40. The van der Waals surface area contributed by atoms with Crippen LogP contribution in [0, 0.1) is 5.92 Å². The molecule has 1 aliphatic heterocycles. The summed E-state index contributed by atoms with van der Waals surface area (Å²) in [7, 11) is 3.21. The van der Waals surface area contributed by atoms with Crippen LogP contribution < -0.4 is 25.8 Å². The minimum absolute atomic E-state index is 0.174. The van der Waals surface area contributed by atoms with E-state index in [1.54, 1.807) is 19.2 Å². The Bertz CT molecular complexity index is 931. The van der Waals surface area contributed by atoms with Crippen molar-refractivity contribution in [3.8, 4) is 11.5 Å². The lowest BCUT2D eigenvalue weighted by atomic mass is 9.96. The molecule has 1 saturated heterocycles. The Morgan fingerprint density at radius 1 is 1.09 bits per heavy atom. The molecule has 1 fully saturated rings. The Hall–Kier alpha value is -2.48. The number of carbonyl (C=O) groups excluding carboxylic acids is 1. The second-order valence-electron chi connectivity index (χ2n) is 9.15. The predicted molar refractivity (Wildman–Crippen MR) is 142 cm³/mol. The maximum atomic E-state index is 12.6. The van der Waals surface area contributed by atoms with Gasteiger partial charge in [0.2, 0.25) is 0 Å². The van der Waals surface area contributed by atoms with Gasteiger partial charge in [0, 0.05) is 19.2 Å². The van der Waals surface area contributed by atoms with Crippen molar-refractivity contribution in [3.63, 3.8) is 0 Å². The molecule has 0 spiro atoms. The number of ether oxygens (including phenoxy) is 2. The van der Waals surface area contributed by atoms with Crippen LogP contribution in [0.2, 0.25) is 5.02 Å². The van der Waals surface area contributed by atoms with E-state index in [-0.39, 0.29) is 5.91 Å². The van der Waals surface area contributed by atoms with Crippen LogP contribution in [0.5, 0.6) is 11.5 Å². The zero-order valence-corrected chi connectivity index (χ0v) is 21.7. The average Bonchev–Trinajstić information content (AvgIpc) is 2.89. The van der Waals surface area contributed by atoms with Crippen molar-refractivity contribution in [1.82, 2.24) is 15.5 Å². The van der Waals surface area contributed by atoms with Crippen LogP contribution in [0.25, 0.3) is 0 Å².